The van der Waals surface area contributed by atoms with E-state index in [4.69, 9.17) is 21.7 Å². The molecule has 1 unspecified atom stereocenters. The topological polar surface area (TPSA) is 88.7 Å². The van der Waals surface area contributed by atoms with Gasteiger partial charge in [0.25, 0.3) is 11.8 Å². The van der Waals surface area contributed by atoms with Crippen LogP contribution in [-0.2, 0) is 4.74 Å². The average Bonchev–Trinajstić information content (AvgIpc) is 2.87. The highest BCUT2D eigenvalue weighted by Gasteiger charge is 2.13. The molecule has 0 aliphatic rings. The van der Waals surface area contributed by atoms with E-state index in [0.717, 1.165) is 5.56 Å². The highest BCUT2D eigenvalue weighted by molar-refractivity contribution is 7.80. The minimum atomic E-state index is -0.372. The first-order valence-corrected chi connectivity index (χ1v) is 11.8. The molecular formula is C27H29N3O4S. The fourth-order valence-electron chi connectivity index (χ4n) is 3.27. The van der Waals surface area contributed by atoms with Gasteiger partial charge < -0.3 is 20.1 Å². The van der Waals surface area contributed by atoms with Gasteiger partial charge in [0, 0.05) is 23.4 Å². The van der Waals surface area contributed by atoms with Crippen molar-refractivity contribution >= 4 is 34.8 Å². The number of hydrogen-bond acceptors (Lipinski definition) is 5. The van der Waals surface area contributed by atoms with Crippen LogP contribution in [0.15, 0.2) is 78.9 Å². The van der Waals surface area contributed by atoms with Gasteiger partial charge in [0.15, 0.2) is 5.11 Å². The molecule has 0 bridgehead atoms. The summed E-state index contributed by atoms with van der Waals surface area (Å²) in [5.41, 5.74) is 2.49. The van der Waals surface area contributed by atoms with Gasteiger partial charge in [-0.1, -0.05) is 42.5 Å². The molecule has 0 heterocycles. The second-order valence-corrected chi connectivity index (χ2v) is 8.08. The van der Waals surface area contributed by atoms with Gasteiger partial charge in [-0.15, -0.1) is 0 Å². The maximum Gasteiger partial charge on any atom is 0.257 e. The molecule has 0 saturated heterocycles. The van der Waals surface area contributed by atoms with Crippen molar-refractivity contribution in [3.05, 3.63) is 95.6 Å². The molecule has 3 aromatic rings. The minimum Gasteiger partial charge on any atom is -0.491 e. The molecule has 8 heteroatoms. The molecule has 3 rings (SSSR count). The predicted octanol–water partition coefficient (Wildman–Crippen LogP) is 4.72. The molecule has 0 saturated carbocycles. The molecule has 3 aromatic carbocycles. The van der Waals surface area contributed by atoms with Crippen molar-refractivity contribution in [3.8, 4) is 5.75 Å². The van der Waals surface area contributed by atoms with E-state index in [-0.39, 0.29) is 23.0 Å². The van der Waals surface area contributed by atoms with E-state index >= 15 is 0 Å². The molecule has 182 valence electrons. The molecule has 0 aliphatic carbocycles. The van der Waals surface area contributed by atoms with E-state index in [2.05, 4.69) is 16.0 Å². The lowest BCUT2D eigenvalue weighted by molar-refractivity contribution is 0.0938. The predicted molar refractivity (Wildman–Crippen MR) is 141 cm³/mol. The lowest BCUT2D eigenvalue weighted by Gasteiger charge is -2.15. The Bertz CT molecular complexity index is 1150. The Morgan fingerprint density at radius 2 is 1.60 bits per heavy atom. The SMILES string of the molecule is CCOCCOc1cccc(C(=O)NC(=S)Nc2cccc(C(=O)NC(C)c3ccccc3)c2)c1. The van der Waals surface area contributed by atoms with E-state index in [1.165, 1.54) is 0 Å². The number of anilines is 1. The van der Waals surface area contributed by atoms with Crippen LogP contribution in [0, 0.1) is 0 Å². The summed E-state index contributed by atoms with van der Waals surface area (Å²) in [6.07, 6.45) is 0. The number of amides is 2. The number of ether oxygens (including phenoxy) is 2. The lowest BCUT2D eigenvalue weighted by atomic mass is 10.1. The summed E-state index contributed by atoms with van der Waals surface area (Å²) < 4.78 is 10.8. The molecule has 0 fully saturated rings. The Hall–Kier alpha value is -3.75. The van der Waals surface area contributed by atoms with Crippen molar-refractivity contribution in [2.75, 3.05) is 25.1 Å². The van der Waals surface area contributed by atoms with E-state index < -0.39 is 0 Å². The van der Waals surface area contributed by atoms with Gasteiger partial charge in [-0.05, 0) is 68.0 Å². The molecule has 3 N–H and O–H groups in total. The number of carbonyl (C=O) groups is 2. The Kier molecular flexibility index (Phi) is 9.77. The van der Waals surface area contributed by atoms with Crippen LogP contribution in [0.25, 0.3) is 0 Å². The van der Waals surface area contributed by atoms with Gasteiger partial charge >= 0.3 is 0 Å². The first-order chi connectivity index (χ1) is 17.0. The van der Waals surface area contributed by atoms with E-state index in [1.807, 2.05) is 44.2 Å². The lowest BCUT2D eigenvalue weighted by Crippen LogP contribution is -2.34. The number of benzene rings is 3. The highest BCUT2D eigenvalue weighted by atomic mass is 32.1. The van der Waals surface area contributed by atoms with Crippen molar-refractivity contribution in [2.45, 2.75) is 19.9 Å². The van der Waals surface area contributed by atoms with Gasteiger partial charge in [0.05, 0.1) is 12.6 Å². The van der Waals surface area contributed by atoms with Crippen molar-refractivity contribution in [1.29, 1.82) is 0 Å². The molecule has 7 nitrogen and oxygen atoms in total. The zero-order valence-electron chi connectivity index (χ0n) is 19.7. The van der Waals surface area contributed by atoms with Gasteiger partial charge in [-0.25, -0.2) is 0 Å². The zero-order chi connectivity index (χ0) is 25.0. The summed E-state index contributed by atoms with van der Waals surface area (Å²) in [4.78, 5) is 25.3. The molecule has 1 atom stereocenters. The van der Waals surface area contributed by atoms with Crippen molar-refractivity contribution in [1.82, 2.24) is 10.6 Å². The third kappa shape index (κ3) is 8.20. The van der Waals surface area contributed by atoms with E-state index in [1.54, 1.807) is 48.5 Å². The fraction of sp³-hybridized carbons (Fsp3) is 0.222. The van der Waals surface area contributed by atoms with Crippen LogP contribution in [0.2, 0.25) is 0 Å². The number of hydrogen-bond donors (Lipinski definition) is 3. The van der Waals surface area contributed by atoms with Crippen LogP contribution in [0.3, 0.4) is 0 Å². The minimum absolute atomic E-state index is 0.118. The summed E-state index contributed by atoms with van der Waals surface area (Å²) >= 11 is 5.30. The summed E-state index contributed by atoms with van der Waals surface area (Å²) in [5.74, 6) is -0.0101. The maximum atomic E-state index is 12.7. The van der Waals surface area contributed by atoms with Crippen LogP contribution >= 0.6 is 12.2 Å². The van der Waals surface area contributed by atoms with Gasteiger partial charge in [0.2, 0.25) is 0 Å². The van der Waals surface area contributed by atoms with Crippen molar-refractivity contribution in [2.24, 2.45) is 0 Å². The van der Waals surface area contributed by atoms with Crippen LogP contribution in [0.5, 0.6) is 5.75 Å². The maximum absolute atomic E-state index is 12.7. The summed E-state index contributed by atoms with van der Waals surface area (Å²) in [7, 11) is 0. The molecule has 0 aliphatic heterocycles. The Morgan fingerprint density at radius 3 is 2.34 bits per heavy atom. The van der Waals surface area contributed by atoms with E-state index in [0.29, 0.717) is 42.4 Å². The van der Waals surface area contributed by atoms with Crippen LogP contribution < -0.4 is 20.7 Å². The monoisotopic (exact) mass is 491 g/mol. The molecule has 0 radical (unpaired) electrons. The second-order valence-electron chi connectivity index (χ2n) is 7.67. The quantitative estimate of drug-likeness (QED) is 0.281. The van der Waals surface area contributed by atoms with Crippen LogP contribution in [0.4, 0.5) is 5.69 Å². The van der Waals surface area contributed by atoms with Crippen molar-refractivity contribution < 1.29 is 19.1 Å². The standard InChI is InChI=1S/C27H29N3O4S/c1-3-33-15-16-34-24-14-8-12-22(18-24)26(32)30-27(35)29-23-13-7-11-21(17-23)25(31)28-19(2)20-9-5-4-6-10-20/h4-14,17-19H,3,15-16H2,1-2H3,(H,28,31)(H2,29,30,32,35). The van der Waals surface area contributed by atoms with Crippen LogP contribution in [-0.4, -0.2) is 36.7 Å². The third-order valence-electron chi connectivity index (χ3n) is 5.05. The Labute approximate surface area is 210 Å². The summed E-state index contributed by atoms with van der Waals surface area (Å²) in [5, 5.41) is 8.71. The van der Waals surface area contributed by atoms with Gasteiger partial charge in [0.1, 0.15) is 12.4 Å². The third-order valence-corrected chi connectivity index (χ3v) is 5.26. The Balaban J connectivity index is 1.55. The average molecular weight is 492 g/mol. The normalized spacial score (nSPS) is 11.3. The summed E-state index contributed by atoms with van der Waals surface area (Å²) in [6.45, 7) is 5.34. The fourth-order valence-corrected chi connectivity index (χ4v) is 3.48. The number of rotatable bonds is 10. The smallest absolute Gasteiger partial charge is 0.257 e. The second kappa shape index (κ2) is 13.2. The van der Waals surface area contributed by atoms with Crippen LogP contribution in [0.1, 0.15) is 46.2 Å². The molecular weight excluding hydrogens is 462 g/mol. The molecule has 35 heavy (non-hydrogen) atoms. The Morgan fingerprint density at radius 1 is 0.886 bits per heavy atom. The number of nitrogens with one attached hydrogen (secondary N) is 3. The molecule has 2 amide bonds. The number of thiocarbonyl (C=S) groups is 1. The first kappa shape index (κ1) is 25.9. The molecule has 0 aromatic heterocycles. The van der Waals surface area contributed by atoms with Gasteiger partial charge in [-0.3, -0.25) is 14.9 Å². The molecule has 0 spiro atoms. The highest BCUT2D eigenvalue weighted by Crippen LogP contribution is 2.16. The summed E-state index contributed by atoms with van der Waals surface area (Å²) in [6, 6.07) is 23.3. The van der Waals surface area contributed by atoms with Gasteiger partial charge in [-0.2, -0.15) is 0 Å². The zero-order valence-corrected chi connectivity index (χ0v) is 20.6. The largest absolute Gasteiger partial charge is 0.491 e. The number of carbonyl (C=O) groups excluding carboxylic acids is 2. The van der Waals surface area contributed by atoms with E-state index in [9.17, 15) is 9.59 Å². The van der Waals surface area contributed by atoms with Crippen molar-refractivity contribution in [3.63, 3.8) is 0 Å². The first-order valence-electron chi connectivity index (χ1n) is 11.3.